The van der Waals surface area contributed by atoms with E-state index in [-0.39, 0.29) is 24.8 Å². The minimum atomic E-state index is -0.993. The second-order valence-electron chi connectivity index (χ2n) is 12.0. The van der Waals surface area contributed by atoms with Crippen LogP contribution in [0.1, 0.15) is 98.5 Å². The molecule has 0 aromatic heterocycles. The average Bonchev–Trinajstić information content (AvgIpc) is 2.98. The van der Waals surface area contributed by atoms with Crippen molar-refractivity contribution in [2.75, 3.05) is 12.0 Å². The SMILES string of the molecule is CSCC[C@H](NC(=O)c1ccc(CNC(CC2CCCCC2)C2CCCCC2)cc1-c1ccccc1C)C(=O)O.[LiH]. The number of benzene rings is 2. The molecule has 2 fully saturated rings. The first-order valence-electron chi connectivity index (χ1n) is 15.4. The van der Waals surface area contributed by atoms with E-state index in [1.165, 1.54) is 70.6 Å². The van der Waals surface area contributed by atoms with Crippen LogP contribution in [-0.4, -0.2) is 59.9 Å². The molecule has 1 unspecified atom stereocenters. The molecule has 3 N–H and O–H groups in total. The summed E-state index contributed by atoms with van der Waals surface area (Å²) in [7, 11) is 0. The number of hydrogen-bond donors (Lipinski definition) is 3. The van der Waals surface area contributed by atoms with E-state index in [0.29, 0.717) is 23.8 Å². The maximum atomic E-state index is 13.4. The van der Waals surface area contributed by atoms with Crippen molar-refractivity contribution < 1.29 is 14.7 Å². The molecule has 2 aliphatic rings. The Morgan fingerprint density at radius 2 is 1.63 bits per heavy atom. The van der Waals surface area contributed by atoms with Gasteiger partial charge in [0.2, 0.25) is 0 Å². The van der Waals surface area contributed by atoms with Crippen LogP contribution in [-0.2, 0) is 11.3 Å². The van der Waals surface area contributed by atoms with Gasteiger partial charge in [0.25, 0.3) is 5.91 Å². The van der Waals surface area contributed by atoms with Gasteiger partial charge in [-0.3, -0.25) is 4.79 Å². The van der Waals surface area contributed by atoms with Crippen LogP contribution >= 0.6 is 11.8 Å². The van der Waals surface area contributed by atoms with Gasteiger partial charge in [-0.1, -0.05) is 81.7 Å². The first kappa shape index (κ1) is 33.8. The van der Waals surface area contributed by atoms with Crippen molar-refractivity contribution in [1.82, 2.24) is 10.6 Å². The molecule has 0 heterocycles. The molecule has 0 saturated heterocycles. The zero-order valence-corrected chi connectivity index (χ0v) is 25.2. The number of rotatable bonds is 13. The molecule has 2 aromatic rings. The summed E-state index contributed by atoms with van der Waals surface area (Å²) >= 11 is 1.58. The Bertz CT molecular complexity index is 1110. The van der Waals surface area contributed by atoms with Crippen molar-refractivity contribution in [3.8, 4) is 11.1 Å². The molecule has 41 heavy (non-hydrogen) atoms. The second-order valence-corrected chi connectivity index (χ2v) is 13.0. The van der Waals surface area contributed by atoms with Crippen LogP contribution in [0.5, 0.6) is 0 Å². The normalized spacial score (nSPS) is 17.8. The number of carboxylic acids is 1. The van der Waals surface area contributed by atoms with E-state index in [0.717, 1.165) is 40.6 Å². The van der Waals surface area contributed by atoms with Gasteiger partial charge in [-0.25, -0.2) is 4.79 Å². The standard InChI is InChI=1S/C34H48N2O3S.Li.H/c1-24-11-9-10-16-28(24)30-21-26(17-18-29(30)33(37)36-31(34(38)39)19-20-40-2)23-35-32(27-14-7-4-8-15-27)22-25-12-5-3-6-13-25;;/h9-11,16-18,21,25,27,31-32,35H,3-8,12-15,19-20,22-23H2,1-2H3,(H,36,37)(H,38,39);;/t31-,32?;;/m0../s1. The van der Waals surface area contributed by atoms with Crippen LogP contribution in [0, 0.1) is 18.8 Å². The molecule has 0 spiro atoms. The van der Waals surface area contributed by atoms with Crippen LogP contribution in [0.2, 0.25) is 0 Å². The maximum absolute atomic E-state index is 13.4. The van der Waals surface area contributed by atoms with Crippen LogP contribution in [0.3, 0.4) is 0 Å². The second kappa shape index (κ2) is 17.4. The first-order chi connectivity index (χ1) is 19.5. The first-order valence-corrected chi connectivity index (χ1v) is 16.8. The summed E-state index contributed by atoms with van der Waals surface area (Å²) in [5.74, 6) is 0.951. The Morgan fingerprint density at radius 3 is 2.29 bits per heavy atom. The van der Waals surface area contributed by atoms with Crippen LogP contribution in [0.4, 0.5) is 0 Å². The molecule has 1 amide bonds. The van der Waals surface area contributed by atoms with E-state index in [1.807, 2.05) is 30.5 Å². The third kappa shape index (κ3) is 9.92. The molecular formula is C34H49LiN2O3S. The monoisotopic (exact) mass is 572 g/mol. The van der Waals surface area contributed by atoms with Crippen LogP contribution in [0.25, 0.3) is 11.1 Å². The molecule has 2 aliphatic carbocycles. The fourth-order valence-corrected chi connectivity index (χ4v) is 7.21. The van der Waals surface area contributed by atoms with Gasteiger partial charge in [-0.2, -0.15) is 11.8 Å². The van der Waals surface area contributed by atoms with E-state index < -0.39 is 12.0 Å². The quantitative estimate of drug-likeness (QED) is 0.226. The molecule has 0 bridgehead atoms. The van der Waals surface area contributed by atoms with Gasteiger partial charge in [0.1, 0.15) is 6.04 Å². The Labute approximate surface area is 263 Å². The van der Waals surface area contributed by atoms with Crippen molar-refractivity contribution >= 4 is 42.5 Å². The van der Waals surface area contributed by atoms with Crippen molar-refractivity contribution in [3.63, 3.8) is 0 Å². The number of carbonyl (C=O) groups excluding carboxylic acids is 1. The Hall–Kier alpha value is -1.71. The summed E-state index contributed by atoms with van der Waals surface area (Å²) in [5.41, 5.74) is 4.66. The molecule has 0 aliphatic heterocycles. The van der Waals surface area contributed by atoms with E-state index in [4.69, 9.17) is 0 Å². The molecule has 7 heteroatoms. The number of carboxylic acid groups (broad SMARTS) is 1. The third-order valence-corrected chi connectivity index (χ3v) is 9.72. The summed E-state index contributed by atoms with van der Waals surface area (Å²) in [5, 5.41) is 16.5. The average molecular weight is 573 g/mol. The number of amides is 1. The van der Waals surface area contributed by atoms with Gasteiger partial charge in [-0.15, -0.1) is 0 Å². The van der Waals surface area contributed by atoms with Gasteiger partial charge < -0.3 is 15.7 Å². The van der Waals surface area contributed by atoms with E-state index in [1.54, 1.807) is 11.8 Å². The summed E-state index contributed by atoms with van der Waals surface area (Å²) in [6.07, 6.45) is 17.3. The zero-order chi connectivity index (χ0) is 28.3. The molecule has 2 atom stereocenters. The van der Waals surface area contributed by atoms with Gasteiger partial charge >= 0.3 is 24.8 Å². The molecule has 5 nitrogen and oxygen atoms in total. The number of thioether (sulfide) groups is 1. The summed E-state index contributed by atoms with van der Waals surface area (Å²) in [6, 6.07) is 13.8. The number of aryl methyl sites for hydroxylation is 1. The number of carbonyl (C=O) groups is 2. The van der Waals surface area contributed by atoms with Crippen molar-refractivity contribution in [2.24, 2.45) is 11.8 Å². The molecule has 4 rings (SSSR count). The molecule has 220 valence electrons. The van der Waals surface area contributed by atoms with E-state index in [2.05, 4.69) is 35.8 Å². The Balaban J connectivity index is 0.00000462. The predicted molar refractivity (Wildman–Crippen MR) is 174 cm³/mol. The van der Waals surface area contributed by atoms with Gasteiger partial charge in [-0.05, 0) is 90.8 Å². The summed E-state index contributed by atoms with van der Waals surface area (Å²) in [6.45, 7) is 2.84. The predicted octanol–water partition coefficient (Wildman–Crippen LogP) is 6.96. The van der Waals surface area contributed by atoms with Crippen molar-refractivity contribution in [3.05, 3.63) is 59.2 Å². The zero-order valence-electron chi connectivity index (χ0n) is 24.4. The fraction of sp³-hybridized carbons (Fsp3) is 0.588. The summed E-state index contributed by atoms with van der Waals surface area (Å²) < 4.78 is 0. The van der Waals surface area contributed by atoms with Gasteiger partial charge in [0, 0.05) is 18.2 Å². The molecular weight excluding hydrogens is 523 g/mol. The Morgan fingerprint density at radius 1 is 0.951 bits per heavy atom. The van der Waals surface area contributed by atoms with Crippen LogP contribution < -0.4 is 10.6 Å². The van der Waals surface area contributed by atoms with E-state index >= 15 is 0 Å². The third-order valence-electron chi connectivity index (χ3n) is 9.08. The van der Waals surface area contributed by atoms with Gasteiger partial charge in [0.15, 0.2) is 0 Å². The number of nitrogens with one attached hydrogen (secondary N) is 2. The topological polar surface area (TPSA) is 78.4 Å². The summed E-state index contributed by atoms with van der Waals surface area (Å²) in [4.78, 5) is 25.3. The number of hydrogen-bond acceptors (Lipinski definition) is 4. The Kier molecular flexibility index (Phi) is 14.4. The molecule has 0 radical (unpaired) electrons. The van der Waals surface area contributed by atoms with Crippen molar-refractivity contribution in [2.45, 2.75) is 103 Å². The number of aliphatic carboxylic acids is 1. The van der Waals surface area contributed by atoms with Crippen molar-refractivity contribution in [1.29, 1.82) is 0 Å². The molecule has 2 aromatic carbocycles. The van der Waals surface area contributed by atoms with Crippen LogP contribution in [0.15, 0.2) is 42.5 Å². The van der Waals surface area contributed by atoms with E-state index in [9.17, 15) is 14.7 Å². The molecule has 2 saturated carbocycles. The van der Waals surface area contributed by atoms with Gasteiger partial charge in [0.05, 0.1) is 0 Å². The fourth-order valence-electron chi connectivity index (χ4n) is 6.74. The minimum absolute atomic E-state index is 0.